The molecule has 0 aliphatic heterocycles. The van der Waals surface area contributed by atoms with Crippen LogP contribution in [0.3, 0.4) is 0 Å². The first-order valence-electron chi connectivity index (χ1n) is 5.44. The fourth-order valence-corrected chi connectivity index (χ4v) is 1.48. The number of nitrogen functional groups attached to an aromatic ring is 1. The van der Waals surface area contributed by atoms with E-state index in [1.807, 2.05) is 24.3 Å². The van der Waals surface area contributed by atoms with Crippen LogP contribution in [0.25, 0.3) is 0 Å². The normalized spacial score (nSPS) is 9.75. The Morgan fingerprint density at radius 1 is 1.50 bits per heavy atom. The Morgan fingerprint density at radius 2 is 2.31 bits per heavy atom. The zero-order chi connectivity index (χ0) is 11.8. The Bertz CT molecular complexity index is 361. The molecule has 0 unspecified atom stereocenters. The lowest BCUT2D eigenvalue weighted by atomic mass is 10.1. The number of aryl methyl sites for hydroxylation is 1. The molecule has 3 N–H and O–H groups in total. The molecule has 1 aromatic rings. The van der Waals surface area contributed by atoms with E-state index in [0.29, 0.717) is 13.0 Å². The molecule has 86 valence electrons. The molecule has 1 rings (SSSR count). The molecule has 0 bridgehead atoms. The van der Waals surface area contributed by atoms with Gasteiger partial charge in [-0.15, -0.1) is 6.58 Å². The number of amides is 1. The summed E-state index contributed by atoms with van der Waals surface area (Å²) in [4.78, 5) is 11.3. The molecular formula is C13H18N2O. The lowest BCUT2D eigenvalue weighted by Crippen LogP contribution is -2.22. The van der Waals surface area contributed by atoms with Crippen molar-refractivity contribution in [2.24, 2.45) is 0 Å². The van der Waals surface area contributed by atoms with Crippen LogP contribution in [0.4, 0.5) is 5.69 Å². The van der Waals surface area contributed by atoms with Crippen LogP contribution in [-0.4, -0.2) is 12.5 Å². The van der Waals surface area contributed by atoms with Crippen molar-refractivity contribution in [3.05, 3.63) is 42.5 Å². The van der Waals surface area contributed by atoms with E-state index in [4.69, 9.17) is 5.73 Å². The van der Waals surface area contributed by atoms with Crippen LogP contribution >= 0.6 is 0 Å². The molecule has 1 amide bonds. The molecule has 0 fully saturated rings. The predicted molar refractivity (Wildman–Crippen MR) is 67.0 cm³/mol. The summed E-state index contributed by atoms with van der Waals surface area (Å²) in [6.07, 6.45) is 3.94. The molecule has 0 aliphatic carbocycles. The molecule has 16 heavy (non-hydrogen) atoms. The number of carbonyl (C=O) groups is 1. The van der Waals surface area contributed by atoms with Crippen LogP contribution < -0.4 is 11.1 Å². The third kappa shape index (κ3) is 4.64. The van der Waals surface area contributed by atoms with Gasteiger partial charge in [0.15, 0.2) is 0 Å². The Labute approximate surface area is 96.3 Å². The number of anilines is 1. The third-order valence-electron chi connectivity index (χ3n) is 2.26. The van der Waals surface area contributed by atoms with E-state index in [-0.39, 0.29) is 5.91 Å². The minimum atomic E-state index is 0.0730. The highest BCUT2D eigenvalue weighted by Gasteiger charge is 2.00. The van der Waals surface area contributed by atoms with E-state index in [0.717, 1.165) is 18.5 Å². The van der Waals surface area contributed by atoms with E-state index in [1.165, 1.54) is 5.56 Å². The van der Waals surface area contributed by atoms with Crippen molar-refractivity contribution in [3.63, 3.8) is 0 Å². The molecule has 3 nitrogen and oxygen atoms in total. The first kappa shape index (κ1) is 12.3. The summed E-state index contributed by atoms with van der Waals surface area (Å²) in [5.41, 5.74) is 7.61. The highest BCUT2D eigenvalue weighted by molar-refractivity contribution is 5.75. The number of rotatable bonds is 6. The van der Waals surface area contributed by atoms with Crippen LogP contribution in [0.2, 0.25) is 0 Å². The summed E-state index contributed by atoms with van der Waals surface area (Å²) in [6.45, 7) is 4.08. The summed E-state index contributed by atoms with van der Waals surface area (Å²) in [6, 6.07) is 7.77. The van der Waals surface area contributed by atoms with Gasteiger partial charge in [0.25, 0.3) is 0 Å². The van der Waals surface area contributed by atoms with Gasteiger partial charge >= 0.3 is 0 Å². The van der Waals surface area contributed by atoms with Crippen LogP contribution in [0.15, 0.2) is 36.9 Å². The van der Waals surface area contributed by atoms with E-state index in [2.05, 4.69) is 11.9 Å². The fourth-order valence-electron chi connectivity index (χ4n) is 1.48. The number of hydrogen-bond acceptors (Lipinski definition) is 2. The molecule has 0 aliphatic rings. The van der Waals surface area contributed by atoms with Crippen LogP contribution in [-0.2, 0) is 11.2 Å². The maximum atomic E-state index is 11.3. The van der Waals surface area contributed by atoms with Crippen molar-refractivity contribution < 1.29 is 4.79 Å². The maximum Gasteiger partial charge on any atom is 0.220 e. The zero-order valence-electron chi connectivity index (χ0n) is 9.41. The molecule has 0 heterocycles. The second-order valence-corrected chi connectivity index (χ2v) is 3.69. The number of nitrogens with two attached hydrogens (primary N) is 1. The first-order valence-corrected chi connectivity index (χ1v) is 5.44. The van der Waals surface area contributed by atoms with E-state index in [1.54, 1.807) is 6.08 Å². The molecule has 0 saturated heterocycles. The Kier molecular flexibility index (Phi) is 5.12. The van der Waals surface area contributed by atoms with Crippen molar-refractivity contribution in [1.82, 2.24) is 5.32 Å². The Balaban J connectivity index is 2.25. The fraction of sp³-hybridized carbons (Fsp3) is 0.308. The molecule has 0 aromatic heterocycles. The largest absolute Gasteiger partial charge is 0.399 e. The second kappa shape index (κ2) is 6.67. The first-order chi connectivity index (χ1) is 7.72. The molecule has 0 saturated carbocycles. The molecule has 0 atom stereocenters. The predicted octanol–water partition coefficient (Wildman–Crippen LogP) is 1.89. The van der Waals surface area contributed by atoms with Crippen molar-refractivity contribution in [2.45, 2.75) is 19.3 Å². The molecule has 0 radical (unpaired) electrons. The quantitative estimate of drug-likeness (QED) is 0.566. The van der Waals surface area contributed by atoms with Gasteiger partial charge in [-0.05, 0) is 30.5 Å². The van der Waals surface area contributed by atoms with Crippen LogP contribution in [0.5, 0.6) is 0 Å². The number of carbonyl (C=O) groups excluding carboxylic acids is 1. The van der Waals surface area contributed by atoms with Gasteiger partial charge in [0.1, 0.15) is 0 Å². The average Bonchev–Trinajstić information content (AvgIpc) is 2.26. The summed E-state index contributed by atoms with van der Waals surface area (Å²) >= 11 is 0. The smallest absolute Gasteiger partial charge is 0.220 e. The minimum absolute atomic E-state index is 0.0730. The maximum absolute atomic E-state index is 11.3. The van der Waals surface area contributed by atoms with Crippen molar-refractivity contribution >= 4 is 11.6 Å². The van der Waals surface area contributed by atoms with Gasteiger partial charge in [-0.2, -0.15) is 0 Å². The lowest BCUT2D eigenvalue weighted by Gasteiger charge is -2.03. The van der Waals surface area contributed by atoms with Gasteiger partial charge < -0.3 is 11.1 Å². The van der Waals surface area contributed by atoms with Crippen molar-refractivity contribution in [2.75, 3.05) is 12.3 Å². The number of benzene rings is 1. The van der Waals surface area contributed by atoms with E-state index in [9.17, 15) is 4.79 Å². The van der Waals surface area contributed by atoms with E-state index >= 15 is 0 Å². The minimum Gasteiger partial charge on any atom is -0.399 e. The van der Waals surface area contributed by atoms with Gasteiger partial charge in [0.05, 0.1) is 0 Å². The average molecular weight is 218 g/mol. The van der Waals surface area contributed by atoms with Gasteiger partial charge in [-0.1, -0.05) is 18.2 Å². The topological polar surface area (TPSA) is 55.1 Å². The van der Waals surface area contributed by atoms with Gasteiger partial charge in [0.2, 0.25) is 5.91 Å². The summed E-state index contributed by atoms with van der Waals surface area (Å²) < 4.78 is 0. The summed E-state index contributed by atoms with van der Waals surface area (Å²) in [5, 5.41) is 2.75. The van der Waals surface area contributed by atoms with Crippen molar-refractivity contribution in [1.29, 1.82) is 0 Å². The zero-order valence-corrected chi connectivity index (χ0v) is 9.41. The van der Waals surface area contributed by atoms with Gasteiger partial charge in [-0.3, -0.25) is 4.79 Å². The SMILES string of the molecule is C=CCNC(=O)CCCc1cccc(N)c1. The monoisotopic (exact) mass is 218 g/mol. The number of nitrogens with one attached hydrogen (secondary N) is 1. The highest BCUT2D eigenvalue weighted by Crippen LogP contribution is 2.09. The molecule has 3 heteroatoms. The standard InChI is InChI=1S/C13H18N2O/c1-2-9-15-13(16)8-4-6-11-5-3-7-12(14)10-11/h2-3,5,7,10H,1,4,6,8-9,14H2,(H,15,16). The van der Waals surface area contributed by atoms with Crippen molar-refractivity contribution in [3.8, 4) is 0 Å². The van der Waals surface area contributed by atoms with Gasteiger partial charge in [0, 0.05) is 18.7 Å². The highest BCUT2D eigenvalue weighted by atomic mass is 16.1. The van der Waals surface area contributed by atoms with Crippen LogP contribution in [0, 0.1) is 0 Å². The molecule has 0 spiro atoms. The Hall–Kier alpha value is -1.77. The lowest BCUT2D eigenvalue weighted by molar-refractivity contribution is -0.120. The van der Waals surface area contributed by atoms with Gasteiger partial charge in [-0.25, -0.2) is 0 Å². The van der Waals surface area contributed by atoms with E-state index < -0.39 is 0 Å². The molecule has 1 aromatic carbocycles. The summed E-state index contributed by atoms with van der Waals surface area (Å²) in [7, 11) is 0. The second-order valence-electron chi connectivity index (χ2n) is 3.69. The third-order valence-corrected chi connectivity index (χ3v) is 2.26. The summed E-state index contributed by atoms with van der Waals surface area (Å²) in [5.74, 6) is 0.0730. The molecular weight excluding hydrogens is 200 g/mol. The Morgan fingerprint density at radius 3 is 3.00 bits per heavy atom. The number of hydrogen-bond donors (Lipinski definition) is 2. The van der Waals surface area contributed by atoms with Crippen LogP contribution in [0.1, 0.15) is 18.4 Å².